The maximum absolute atomic E-state index is 12.2. The molecule has 1 aromatic heterocycles. The van der Waals surface area contributed by atoms with Crippen LogP contribution in [0.25, 0.3) is 0 Å². The van der Waals surface area contributed by atoms with Crippen molar-refractivity contribution in [2.24, 2.45) is 0 Å². The molecule has 0 aliphatic rings. The predicted octanol–water partition coefficient (Wildman–Crippen LogP) is 2.19. The van der Waals surface area contributed by atoms with Crippen molar-refractivity contribution in [3.05, 3.63) is 41.5 Å². The fraction of sp³-hybridized carbons (Fsp3) is 0.438. The summed E-state index contributed by atoms with van der Waals surface area (Å²) in [6, 6.07) is 5.43. The fourth-order valence-electron chi connectivity index (χ4n) is 1.87. The van der Waals surface area contributed by atoms with Crippen LogP contribution in [0.4, 0.5) is 0 Å². The van der Waals surface area contributed by atoms with Gasteiger partial charge in [-0.1, -0.05) is 25.9 Å². The van der Waals surface area contributed by atoms with Crippen LogP contribution < -0.4 is 4.72 Å². The molecule has 0 saturated heterocycles. The summed E-state index contributed by atoms with van der Waals surface area (Å²) in [6.45, 7) is 7.45. The summed E-state index contributed by atoms with van der Waals surface area (Å²) in [4.78, 5) is 16.5. The van der Waals surface area contributed by atoms with E-state index in [0.717, 1.165) is 0 Å². The van der Waals surface area contributed by atoms with E-state index in [1.165, 1.54) is 31.3 Å². The van der Waals surface area contributed by atoms with E-state index < -0.39 is 22.1 Å². The maximum atomic E-state index is 12.2. The molecular formula is C16H21N3O5S. The Hall–Kier alpha value is -2.26. The fourth-order valence-corrected chi connectivity index (χ4v) is 2.60. The highest BCUT2D eigenvalue weighted by atomic mass is 32.2. The summed E-state index contributed by atoms with van der Waals surface area (Å²) >= 11 is 0. The molecule has 1 unspecified atom stereocenters. The average molecular weight is 367 g/mol. The Kier molecular flexibility index (Phi) is 5.28. The average Bonchev–Trinajstić information content (AvgIpc) is 3.05. The van der Waals surface area contributed by atoms with E-state index in [2.05, 4.69) is 14.9 Å². The number of nitrogens with zero attached hydrogens (tertiary/aromatic N) is 2. The second kappa shape index (κ2) is 6.93. The number of carbonyl (C=O) groups is 1. The second-order valence-electron chi connectivity index (χ2n) is 6.49. The van der Waals surface area contributed by atoms with E-state index in [4.69, 9.17) is 9.26 Å². The van der Waals surface area contributed by atoms with Gasteiger partial charge < -0.3 is 9.26 Å². The Morgan fingerprint density at radius 2 is 1.84 bits per heavy atom. The number of carbonyl (C=O) groups excluding carboxylic acids is 1. The van der Waals surface area contributed by atoms with Crippen LogP contribution in [0.1, 0.15) is 55.9 Å². The molecule has 0 aliphatic carbocycles. The lowest BCUT2D eigenvalue weighted by Crippen LogP contribution is -2.18. The third kappa shape index (κ3) is 4.43. The van der Waals surface area contributed by atoms with E-state index >= 15 is 0 Å². The van der Waals surface area contributed by atoms with Crippen LogP contribution in [-0.4, -0.2) is 31.6 Å². The van der Waals surface area contributed by atoms with Crippen molar-refractivity contribution in [3.8, 4) is 0 Å². The number of hydrogen-bond donors (Lipinski definition) is 1. The molecule has 0 bridgehead atoms. The first kappa shape index (κ1) is 19.1. The van der Waals surface area contributed by atoms with Crippen molar-refractivity contribution in [2.45, 2.75) is 44.1 Å². The van der Waals surface area contributed by atoms with Crippen LogP contribution in [0, 0.1) is 0 Å². The summed E-state index contributed by atoms with van der Waals surface area (Å²) in [5.41, 5.74) is -0.0578. The number of ether oxygens (including phenoxy) is 1. The minimum Gasteiger partial charge on any atom is -0.449 e. The molecule has 9 heteroatoms. The third-order valence-corrected chi connectivity index (χ3v) is 4.84. The van der Waals surface area contributed by atoms with Crippen LogP contribution in [-0.2, 0) is 20.2 Å². The van der Waals surface area contributed by atoms with Crippen LogP contribution in [0.2, 0.25) is 0 Å². The van der Waals surface area contributed by atoms with Crippen LogP contribution >= 0.6 is 0 Å². The van der Waals surface area contributed by atoms with Gasteiger partial charge in [0.25, 0.3) is 5.89 Å². The third-order valence-electron chi connectivity index (χ3n) is 3.41. The normalized spacial score (nSPS) is 13.5. The summed E-state index contributed by atoms with van der Waals surface area (Å²) in [7, 11) is -2.24. The standard InChI is InChI=1S/C16H21N3O5S/c1-10(13-18-15(19-24-13)16(2,3)4)23-14(20)11-6-8-12(9-7-11)25(21,22)17-5/h6-10,17H,1-5H3. The van der Waals surface area contributed by atoms with Gasteiger partial charge in [0.2, 0.25) is 10.0 Å². The first-order valence-electron chi connectivity index (χ1n) is 7.63. The van der Waals surface area contributed by atoms with Gasteiger partial charge >= 0.3 is 5.97 Å². The molecule has 1 aromatic carbocycles. The minimum atomic E-state index is -3.55. The van der Waals surface area contributed by atoms with Gasteiger partial charge in [-0.25, -0.2) is 17.9 Å². The summed E-state index contributed by atoms with van der Waals surface area (Å²) in [5, 5.41) is 3.89. The minimum absolute atomic E-state index is 0.0614. The molecule has 25 heavy (non-hydrogen) atoms. The van der Waals surface area contributed by atoms with Crippen molar-refractivity contribution < 1.29 is 22.5 Å². The predicted molar refractivity (Wildman–Crippen MR) is 89.5 cm³/mol. The van der Waals surface area contributed by atoms with Gasteiger partial charge in [0.15, 0.2) is 11.9 Å². The zero-order valence-corrected chi connectivity index (χ0v) is 15.5. The first-order chi connectivity index (χ1) is 11.5. The largest absolute Gasteiger partial charge is 0.449 e. The lowest BCUT2D eigenvalue weighted by molar-refractivity contribution is 0.0265. The molecule has 136 valence electrons. The Morgan fingerprint density at radius 1 is 1.24 bits per heavy atom. The maximum Gasteiger partial charge on any atom is 0.338 e. The van der Waals surface area contributed by atoms with Crippen LogP contribution in [0.5, 0.6) is 0 Å². The van der Waals surface area contributed by atoms with Crippen molar-refractivity contribution >= 4 is 16.0 Å². The van der Waals surface area contributed by atoms with Crippen molar-refractivity contribution in [3.63, 3.8) is 0 Å². The SMILES string of the molecule is CNS(=O)(=O)c1ccc(C(=O)OC(C)c2nc(C(C)(C)C)no2)cc1. The smallest absolute Gasteiger partial charge is 0.338 e. The van der Waals surface area contributed by atoms with Crippen LogP contribution in [0.15, 0.2) is 33.7 Å². The van der Waals surface area contributed by atoms with Gasteiger partial charge in [0, 0.05) is 5.41 Å². The Labute approximate surface area is 146 Å². The zero-order chi connectivity index (χ0) is 18.8. The Bertz CT molecular complexity index is 851. The number of benzene rings is 1. The highest BCUT2D eigenvalue weighted by Crippen LogP contribution is 2.23. The summed E-state index contributed by atoms with van der Waals surface area (Å²) < 4.78 is 36.0. The molecule has 0 saturated carbocycles. The number of nitrogens with one attached hydrogen (secondary N) is 1. The highest BCUT2D eigenvalue weighted by Gasteiger charge is 2.25. The molecule has 0 aliphatic heterocycles. The van der Waals surface area contributed by atoms with Crippen molar-refractivity contribution in [2.75, 3.05) is 7.05 Å². The van der Waals surface area contributed by atoms with E-state index in [0.29, 0.717) is 5.82 Å². The topological polar surface area (TPSA) is 111 Å². The van der Waals surface area contributed by atoms with Gasteiger partial charge in [-0.3, -0.25) is 0 Å². The van der Waals surface area contributed by atoms with Gasteiger partial charge in [0.1, 0.15) is 0 Å². The molecule has 1 heterocycles. The lowest BCUT2D eigenvalue weighted by Gasteiger charge is -2.12. The zero-order valence-electron chi connectivity index (χ0n) is 14.7. The quantitative estimate of drug-likeness (QED) is 0.806. The van der Waals surface area contributed by atoms with Gasteiger partial charge in [-0.15, -0.1) is 0 Å². The number of sulfonamides is 1. The van der Waals surface area contributed by atoms with E-state index in [1.54, 1.807) is 6.92 Å². The number of hydrogen-bond acceptors (Lipinski definition) is 7. The van der Waals surface area contributed by atoms with Crippen LogP contribution in [0.3, 0.4) is 0 Å². The molecule has 2 aromatic rings. The molecule has 1 N–H and O–H groups in total. The molecule has 8 nitrogen and oxygen atoms in total. The van der Waals surface area contributed by atoms with Gasteiger partial charge in [0.05, 0.1) is 10.5 Å². The summed E-state index contributed by atoms with van der Waals surface area (Å²) in [6.07, 6.45) is -0.725. The first-order valence-corrected chi connectivity index (χ1v) is 9.11. The van der Waals surface area contributed by atoms with E-state index in [-0.39, 0.29) is 21.8 Å². The summed E-state index contributed by atoms with van der Waals surface area (Å²) in [5.74, 6) is 0.107. The van der Waals surface area contributed by atoms with E-state index in [1.807, 2.05) is 20.8 Å². The molecule has 1 atom stereocenters. The monoisotopic (exact) mass is 367 g/mol. The number of rotatable bonds is 5. The number of esters is 1. The molecular weight excluding hydrogens is 346 g/mol. The Morgan fingerprint density at radius 3 is 2.32 bits per heavy atom. The molecule has 0 fully saturated rings. The van der Waals surface area contributed by atoms with Crippen molar-refractivity contribution in [1.29, 1.82) is 0 Å². The van der Waals surface area contributed by atoms with E-state index in [9.17, 15) is 13.2 Å². The second-order valence-corrected chi connectivity index (χ2v) is 8.37. The van der Waals surface area contributed by atoms with Crippen molar-refractivity contribution in [1.82, 2.24) is 14.9 Å². The molecule has 0 radical (unpaired) electrons. The molecule has 2 rings (SSSR count). The van der Waals surface area contributed by atoms with Gasteiger partial charge in [-0.05, 0) is 38.2 Å². The highest BCUT2D eigenvalue weighted by molar-refractivity contribution is 7.89. The number of aromatic nitrogens is 2. The Balaban J connectivity index is 2.10. The lowest BCUT2D eigenvalue weighted by atomic mass is 9.96. The molecule has 0 amide bonds. The van der Waals surface area contributed by atoms with Gasteiger partial charge in [-0.2, -0.15) is 4.98 Å². The molecule has 0 spiro atoms.